The van der Waals surface area contributed by atoms with Crippen molar-refractivity contribution in [2.45, 2.75) is 59.7 Å². The van der Waals surface area contributed by atoms with Gasteiger partial charge in [0.05, 0.1) is 12.7 Å². The summed E-state index contributed by atoms with van der Waals surface area (Å²) in [5.41, 5.74) is 2.97. The number of aliphatic hydroxyl groups is 1. The van der Waals surface area contributed by atoms with E-state index in [4.69, 9.17) is 4.74 Å². The SMILES string of the molecule is CCC1(CO)CCN(C(=O)Nc2cccc(COC(C)C)c2C)CC1. The van der Waals surface area contributed by atoms with Gasteiger partial charge < -0.3 is 20.1 Å². The third kappa shape index (κ3) is 4.95. The lowest BCUT2D eigenvalue weighted by molar-refractivity contribution is 0.0542. The predicted molar refractivity (Wildman–Crippen MR) is 101 cm³/mol. The highest BCUT2D eigenvalue weighted by Gasteiger charge is 2.33. The standard InChI is InChI=1S/C20H32N2O3/c1-5-20(14-23)9-11-22(12-10-20)19(24)21-18-8-6-7-17(16(18)4)13-25-15(2)3/h6-8,15,23H,5,9-14H2,1-4H3,(H,21,24). The van der Waals surface area contributed by atoms with Crippen molar-refractivity contribution in [3.8, 4) is 0 Å². The van der Waals surface area contributed by atoms with Gasteiger partial charge in [-0.15, -0.1) is 0 Å². The molecule has 25 heavy (non-hydrogen) atoms. The fourth-order valence-corrected chi connectivity index (χ4v) is 3.23. The third-order valence-corrected chi connectivity index (χ3v) is 5.46. The van der Waals surface area contributed by atoms with Gasteiger partial charge in [-0.2, -0.15) is 0 Å². The molecule has 0 spiro atoms. The zero-order valence-electron chi connectivity index (χ0n) is 16.0. The van der Waals surface area contributed by atoms with Gasteiger partial charge in [0.25, 0.3) is 0 Å². The molecule has 1 fully saturated rings. The number of amides is 2. The van der Waals surface area contributed by atoms with E-state index in [1.165, 1.54) is 0 Å². The highest BCUT2D eigenvalue weighted by molar-refractivity contribution is 5.90. The molecule has 1 aliphatic heterocycles. The van der Waals surface area contributed by atoms with Gasteiger partial charge in [-0.3, -0.25) is 0 Å². The molecular weight excluding hydrogens is 316 g/mol. The van der Waals surface area contributed by atoms with E-state index in [1.807, 2.05) is 43.9 Å². The Bertz CT molecular complexity index is 572. The van der Waals surface area contributed by atoms with Crippen molar-refractivity contribution in [1.82, 2.24) is 4.90 Å². The smallest absolute Gasteiger partial charge is 0.321 e. The molecule has 0 unspecified atom stereocenters. The van der Waals surface area contributed by atoms with Gasteiger partial charge in [-0.05, 0) is 62.6 Å². The molecule has 1 saturated heterocycles. The summed E-state index contributed by atoms with van der Waals surface area (Å²) in [6.07, 6.45) is 2.84. The lowest BCUT2D eigenvalue weighted by Gasteiger charge is -2.40. The second kappa shape index (κ2) is 8.68. The van der Waals surface area contributed by atoms with Gasteiger partial charge in [-0.25, -0.2) is 4.79 Å². The molecule has 0 bridgehead atoms. The number of nitrogens with one attached hydrogen (secondary N) is 1. The van der Waals surface area contributed by atoms with Crippen LogP contribution in [0.3, 0.4) is 0 Å². The summed E-state index contributed by atoms with van der Waals surface area (Å²) in [6.45, 7) is 10.3. The number of carbonyl (C=O) groups is 1. The van der Waals surface area contributed by atoms with Crippen molar-refractivity contribution >= 4 is 11.7 Å². The largest absolute Gasteiger partial charge is 0.396 e. The number of nitrogens with zero attached hydrogens (tertiary/aromatic N) is 1. The molecule has 0 aromatic heterocycles. The highest BCUT2D eigenvalue weighted by Crippen LogP contribution is 2.34. The maximum atomic E-state index is 12.6. The fraction of sp³-hybridized carbons (Fsp3) is 0.650. The summed E-state index contributed by atoms with van der Waals surface area (Å²) in [6, 6.07) is 5.85. The first-order valence-corrected chi connectivity index (χ1v) is 9.27. The minimum Gasteiger partial charge on any atom is -0.396 e. The number of ether oxygens (including phenoxy) is 1. The molecule has 1 heterocycles. The molecule has 0 radical (unpaired) electrons. The Labute approximate surface area is 151 Å². The van der Waals surface area contributed by atoms with Crippen LogP contribution in [0.1, 0.15) is 51.2 Å². The second-order valence-corrected chi connectivity index (χ2v) is 7.38. The van der Waals surface area contributed by atoms with Crippen LogP contribution in [-0.4, -0.2) is 41.8 Å². The number of aliphatic hydroxyl groups excluding tert-OH is 1. The van der Waals surface area contributed by atoms with Gasteiger partial charge in [0.15, 0.2) is 0 Å². The maximum absolute atomic E-state index is 12.6. The number of likely N-dealkylation sites (tertiary alicyclic amines) is 1. The van der Waals surface area contributed by atoms with Crippen molar-refractivity contribution in [1.29, 1.82) is 0 Å². The molecular formula is C20H32N2O3. The van der Waals surface area contributed by atoms with E-state index < -0.39 is 0 Å². The molecule has 0 aliphatic carbocycles. The molecule has 5 heteroatoms. The average molecular weight is 348 g/mol. The van der Waals surface area contributed by atoms with Crippen LogP contribution in [0.5, 0.6) is 0 Å². The Kier molecular flexibility index (Phi) is 6.85. The van der Waals surface area contributed by atoms with E-state index >= 15 is 0 Å². The van der Waals surface area contributed by atoms with E-state index in [0.717, 1.165) is 36.1 Å². The zero-order valence-corrected chi connectivity index (χ0v) is 16.0. The van der Waals surface area contributed by atoms with Crippen molar-refractivity contribution < 1.29 is 14.6 Å². The molecule has 2 rings (SSSR count). The minimum absolute atomic E-state index is 0.0131. The molecule has 5 nitrogen and oxygen atoms in total. The number of carbonyl (C=O) groups excluding carboxylic acids is 1. The summed E-state index contributed by atoms with van der Waals surface area (Å²) in [5.74, 6) is 0. The second-order valence-electron chi connectivity index (χ2n) is 7.38. The fourth-order valence-electron chi connectivity index (χ4n) is 3.23. The number of anilines is 1. The lowest BCUT2D eigenvalue weighted by Crippen LogP contribution is -2.46. The van der Waals surface area contributed by atoms with Crippen LogP contribution in [0.2, 0.25) is 0 Å². The average Bonchev–Trinajstić information content (AvgIpc) is 2.62. The lowest BCUT2D eigenvalue weighted by atomic mass is 9.77. The summed E-state index contributed by atoms with van der Waals surface area (Å²) >= 11 is 0. The van der Waals surface area contributed by atoms with Crippen LogP contribution < -0.4 is 5.32 Å². The van der Waals surface area contributed by atoms with E-state index in [-0.39, 0.29) is 24.2 Å². The summed E-state index contributed by atoms with van der Waals surface area (Å²) in [7, 11) is 0. The van der Waals surface area contributed by atoms with Crippen molar-refractivity contribution in [3.05, 3.63) is 29.3 Å². The molecule has 140 valence electrons. The minimum atomic E-state index is -0.0623. The van der Waals surface area contributed by atoms with Gasteiger partial charge in [-0.1, -0.05) is 19.1 Å². The number of benzene rings is 1. The first-order chi connectivity index (χ1) is 11.9. The van der Waals surface area contributed by atoms with Crippen LogP contribution in [-0.2, 0) is 11.3 Å². The Morgan fingerprint density at radius 3 is 2.60 bits per heavy atom. The highest BCUT2D eigenvalue weighted by atomic mass is 16.5. The Morgan fingerprint density at radius 2 is 2.04 bits per heavy atom. The molecule has 2 amide bonds. The van der Waals surface area contributed by atoms with Crippen LogP contribution in [0.4, 0.5) is 10.5 Å². The quantitative estimate of drug-likeness (QED) is 0.818. The van der Waals surface area contributed by atoms with Crippen molar-refractivity contribution in [2.24, 2.45) is 5.41 Å². The number of urea groups is 1. The topological polar surface area (TPSA) is 61.8 Å². The first-order valence-electron chi connectivity index (χ1n) is 9.27. The van der Waals surface area contributed by atoms with Crippen LogP contribution >= 0.6 is 0 Å². The van der Waals surface area contributed by atoms with Crippen molar-refractivity contribution in [3.63, 3.8) is 0 Å². The Hall–Kier alpha value is -1.59. The number of hydrogen-bond donors (Lipinski definition) is 2. The van der Waals surface area contributed by atoms with E-state index in [1.54, 1.807) is 0 Å². The van der Waals surface area contributed by atoms with Crippen molar-refractivity contribution in [2.75, 3.05) is 25.0 Å². The molecule has 1 aliphatic rings. The van der Waals surface area contributed by atoms with Gasteiger partial charge >= 0.3 is 6.03 Å². The summed E-state index contributed by atoms with van der Waals surface area (Å²) in [4.78, 5) is 14.5. The molecule has 1 aromatic carbocycles. The summed E-state index contributed by atoms with van der Waals surface area (Å²) in [5, 5.41) is 12.7. The Balaban J connectivity index is 1.98. The third-order valence-electron chi connectivity index (χ3n) is 5.46. The molecule has 2 N–H and O–H groups in total. The van der Waals surface area contributed by atoms with Crippen LogP contribution in [0.15, 0.2) is 18.2 Å². The van der Waals surface area contributed by atoms with E-state index in [9.17, 15) is 9.90 Å². The van der Waals surface area contributed by atoms with E-state index in [0.29, 0.717) is 19.7 Å². The normalized spacial score (nSPS) is 17.0. The van der Waals surface area contributed by atoms with Gasteiger partial charge in [0, 0.05) is 25.4 Å². The van der Waals surface area contributed by atoms with Gasteiger partial charge in [0.1, 0.15) is 0 Å². The molecule has 0 atom stereocenters. The zero-order chi connectivity index (χ0) is 18.4. The molecule has 1 aromatic rings. The monoisotopic (exact) mass is 348 g/mol. The van der Waals surface area contributed by atoms with E-state index in [2.05, 4.69) is 12.2 Å². The van der Waals surface area contributed by atoms with Crippen LogP contribution in [0, 0.1) is 12.3 Å². The summed E-state index contributed by atoms with van der Waals surface area (Å²) < 4.78 is 5.69. The maximum Gasteiger partial charge on any atom is 0.321 e. The van der Waals surface area contributed by atoms with Gasteiger partial charge in [0.2, 0.25) is 0 Å². The predicted octanol–water partition coefficient (Wildman–Crippen LogP) is 3.94. The molecule has 0 saturated carbocycles. The van der Waals surface area contributed by atoms with Crippen LogP contribution in [0.25, 0.3) is 0 Å². The number of rotatable bonds is 6. The number of piperidine rings is 1. The first kappa shape index (κ1) is 19.7. The number of hydrogen-bond acceptors (Lipinski definition) is 3. The Morgan fingerprint density at radius 1 is 1.36 bits per heavy atom.